The highest BCUT2D eigenvalue weighted by molar-refractivity contribution is 5.49. The van der Waals surface area contributed by atoms with Gasteiger partial charge in [-0.1, -0.05) is 13.3 Å². The Morgan fingerprint density at radius 2 is 2.40 bits per heavy atom. The maximum atomic E-state index is 13.2. The second-order valence-corrected chi connectivity index (χ2v) is 3.96. The molecule has 1 fully saturated rings. The lowest BCUT2D eigenvalue weighted by Gasteiger charge is -2.05. The van der Waals surface area contributed by atoms with E-state index in [-0.39, 0.29) is 5.56 Å². The van der Waals surface area contributed by atoms with Crippen molar-refractivity contribution in [2.75, 3.05) is 5.32 Å². The monoisotopic (exact) mass is 204 g/mol. The van der Waals surface area contributed by atoms with E-state index >= 15 is 0 Å². The number of rotatable bonds is 3. The zero-order valence-corrected chi connectivity index (χ0v) is 8.63. The van der Waals surface area contributed by atoms with Crippen LogP contribution < -0.4 is 5.32 Å². The molecule has 1 aromatic carbocycles. The summed E-state index contributed by atoms with van der Waals surface area (Å²) < 4.78 is 13.2. The van der Waals surface area contributed by atoms with Crippen molar-refractivity contribution in [1.82, 2.24) is 0 Å². The van der Waals surface area contributed by atoms with E-state index in [1.807, 2.05) is 6.07 Å². The lowest BCUT2D eigenvalue weighted by Crippen LogP contribution is -2.04. The van der Waals surface area contributed by atoms with E-state index in [0.717, 1.165) is 24.4 Å². The number of nitrogens with one attached hydrogen (secondary N) is 1. The Labute approximate surface area is 88.7 Å². The second kappa shape index (κ2) is 3.90. The van der Waals surface area contributed by atoms with Gasteiger partial charge in [0.1, 0.15) is 11.9 Å². The molecule has 3 heteroatoms. The molecule has 0 spiro atoms. The van der Waals surface area contributed by atoms with Gasteiger partial charge in [-0.25, -0.2) is 4.39 Å². The third-order valence-electron chi connectivity index (χ3n) is 2.89. The van der Waals surface area contributed by atoms with Crippen LogP contribution in [0.3, 0.4) is 0 Å². The number of hydrogen-bond donors (Lipinski definition) is 1. The first-order valence-electron chi connectivity index (χ1n) is 5.20. The number of nitriles is 1. The van der Waals surface area contributed by atoms with Gasteiger partial charge in [-0.2, -0.15) is 5.26 Å². The first-order chi connectivity index (χ1) is 7.24. The lowest BCUT2D eigenvalue weighted by molar-refractivity contribution is 0.624. The Balaban J connectivity index is 2.05. The number of nitrogens with zero attached hydrogens (tertiary/aromatic N) is 1. The van der Waals surface area contributed by atoms with Gasteiger partial charge in [0.05, 0.1) is 5.56 Å². The molecule has 2 atom stereocenters. The van der Waals surface area contributed by atoms with Crippen molar-refractivity contribution in [3.8, 4) is 6.07 Å². The molecule has 0 saturated heterocycles. The summed E-state index contributed by atoms with van der Waals surface area (Å²) in [6, 6.07) is 6.96. The molecule has 0 heterocycles. The van der Waals surface area contributed by atoms with Crippen molar-refractivity contribution >= 4 is 5.69 Å². The zero-order chi connectivity index (χ0) is 10.8. The third-order valence-corrected chi connectivity index (χ3v) is 2.89. The molecule has 1 saturated carbocycles. The van der Waals surface area contributed by atoms with Gasteiger partial charge in [0, 0.05) is 11.7 Å². The molecule has 2 rings (SSSR count). The Bertz CT molecular complexity index is 409. The molecule has 78 valence electrons. The van der Waals surface area contributed by atoms with E-state index in [0.29, 0.717) is 6.04 Å². The highest BCUT2D eigenvalue weighted by Gasteiger charge is 2.35. The summed E-state index contributed by atoms with van der Waals surface area (Å²) in [5, 5.41) is 11.8. The molecule has 0 bridgehead atoms. The van der Waals surface area contributed by atoms with Gasteiger partial charge < -0.3 is 5.32 Å². The van der Waals surface area contributed by atoms with E-state index in [2.05, 4.69) is 12.2 Å². The maximum Gasteiger partial charge on any atom is 0.143 e. The average Bonchev–Trinajstić information content (AvgIpc) is 2.97. The number of hydrogen-bond acceptors (Lipinski definition) is 2. The van der Waals surface area contributed by atoms with Crippen LogP contribution in [-0.4, -0.2) is 6.04 Å². The van der Waals surface area contributed by atoms with Gasteiger partial charge >= 0.3 is 0 Å². The van der Waals surface area contributed by atoms with E-state index in [4.69, 9.17) is 5.26 Å². The summed E-state index contributed by atoms with van der Waals surface area (Å²) in [4.78, 5) is 0. The van der Waals surface area contributed by atoms with Gasteiger partial charge in [0.2, 0.25) is 0 Å². The molecule has 0 radical (unpaired) electrons. The van der Waals surface area contributed by atoms with E-state index < -0.39 is 5.82 Å². The molecular formula is C12H13FN2. The van der Waals surface area contributed by atoms with Gasteiger partial charge in [0.15, 0.2) is 0 Å². The molecule has 1 N–H and O–H groups in total. The summed E-state index contributed by atoms with van der Waals surface area (Å²) in [5.41, 5.74) is 0.871. The standard InChI is InChI=1S/C12H13FN2/c1-2-8-5-12(8)15-10-4-3-9(7-14)11(13)6-10/h3-4,6,8,12,15H,2,5H2,1H3. The van der Waals surface area contributed by atoms with Crippen molar-refractivity contribution in [2.45, 2.75) is 25.8 Å². The fraction of sp³-hybridized carbons (Fsp3) is 0.417. The molecule has 2 nitrogen and oxygen atoms in total. The van der Waals surface area contributed by atoms with Crippen LogP contribution in [0.1, 0.15) is 25.3 Å². The summed E-state index contributed by atoms with van der Waals surface area (Å²) in [5.74, 6) is 0.278. The van der Waals surface area contributed by atoms with Crippen molar-refractivity contribution in [3.63, 3.8) is 0 Å². The molecular weight excluding hydrogens is 191 g/mol. The number of benzene rings is 1. The predicted octanol–water partition coefficient (Wildman–Crippen LogP) is 2.91. The summed E-state index contributed by atoms with van der Waals surface area (Å²) >= 11 is 0. The normalized spacial score (nSPS) is 23.3. The van der Waals surface area contributed by atoms with E-state index in [1.54, 1.807) is 6.07 Å². The van der Waals surface area contributed by atoms with Crippen molar-refractivity contribution in [1.29, 1.82) is 5.26 Å². The fourth-order valence-corrected chi connectivity index (χ4v) is 1.79. The Morgan fingerprint density at radius 3 is 2.93 bits per heavy atom. The van der Waals surface area contributed by atoms with E-state index in [1.165, 1.54) is 12.1 Å². The van der Waals surface area contributed by atoms with Gasteiger partial charge in [0.25, 0.3) is 0 Å². The van der Waals surface area contributed by atoms with Crippen molar-refractivity contribution in [3.05, 3.63) is 29.6 Å². The smallest absolute Gasteiger partial charge is 0.143 e. The molecule has 0 amide bonds. The van der Waals surface area contributed by atoms with Crippen LogP contribution in [-0.2, 0) is 0 Å². The highest BCUT2D eigenvalue weighted by Crippen LogP contribution is 2.36. The van der Waals surface area contributed by atoms with Crippen LogP contribution in [0.2, 0.25) is 0 Å². The average molecular weight is 204 g/mol. The molecule has 1 aliphatic rings. The maximum absolute atomic E-state index is 13.2. The lowest BCUT2D eigenvalue weighted by atomic mass is 10.2. The summed E-state index contributed by atoms with van der Waals surface area (Å²) in [7, 11) is 0. The highest BCUT2D eigenvalue weighted by atomic mass is 19.1. The number of anilines is 1. The Morgan fingerprint density at radius 1 is 1.60 bits per heavy atom. The SMILES string of the molecule is CCC1CC1Nc1ccc(C#N)c(F)c1. The van der Waals surface area contributed by atoms with Gasteiger partial charge in [-0.3, -0.25) is 0 Å². The quantitative estimate of drug-likeness (QED) is 0.821. The topological polar surface area (TPSA) is 35.8 Å². The largest absolute Gasteiger partial charge is 0.382 e. The minimum atomic E-state index is -0.448. The van der Waals surface area contributed by atoms with E-state index in [9.17, 15) is 4.39 Å². The molecule has 2 unspecified atom stereocenters. The third kappa shape index (κ3) is 2.10. The minimum absolute atomic E-state index is 0.100. The van der Waals surface area contributed by atoms with Gasteiger partial charge in [-0.15, -0.1) is 0 Å². The van der Waals surface area contributed by atoms with Crippen molar-refractivity contribution in [2.24, 2.45) is 5.92 Å². The summed E-state index contributed by atoms with van der Waals surface area (Å²) in [6.45, 7) is 2.16. The molecule has 15 heavy (non-hydrogen) atoms. The molecule has 0 aromatic heterocycles. The second-order valence-electron chi connectivity index (χ2n) is 3.96. The fourth-order valence-electron chi connectivity index (χ4n) is 1.79. The minimum Gasteiger partial charge on any atom is -0.382 e. The van der Waals surface area contributed by atoms with Gasteiger partial charge in [-0.05, 0) is 30.5 Å². The van der Waals surface area contributed by atoms with Crippen LogP contribution in [0.25, 0.3) is 0 Å². The molecule has 1 aromatic rings. The summed E-state index contributed by atoms with van der Waals surface area (Å²) in [6.07, 6.45) is 2.33. The number of halogens is 1. The van der Waals surface area contributed by atoms with Crippen LogP contribution in [0, 0.1) is 23.1 Å². The first-order valence-corrected chi connectivity index (χ1v) is 5.20. The zero-order valence-electron chi connectivity index (χ0n) is 8.63. The van der Waals surface area contributed by atoms with Crippen LogP contribution in [0.4, 0.5) is 10.1 Å². The Hall–Kier alpha value is -1.56. The molecule has 0 aliphatic heterocycles. The molecule has 1 aliphatic carbocycles. The Kier molecular flexibility index (Phi) is 2.59. The first kappa shape index (κ1) is 9.97. The van der Waals surface area contributed by atoms with Crippen LogP contribution in [0.5, 0.6) is 0 Å². The van der Waals surface area contributed by atoms with Crippen molar-refractivity contribution < 1.29 is 4.39 Å². The van der Waals surface area contributed by atoms with Crippen LogP contribution in [0.15, 0.2) is 18.2 Å². The predicted molar refractivity (Wildman–Crippen MR) is 56.9 cm³/mol. The van der Waals surface area contributed by atoms with Crippen LogP contribution >= 0.6 is 0 Å².